The van der Waals surface area contributed by atoms with Crippen molar-refractivity contribution in [3.63, 3.8) is 0 Å². The van der Waals surface area contributed by atoms with Gasteiger partial charge in [0.2, 0.25) is 10.0 Å². The monoisotopic (exact) mass is 456 g/mol. The van der Waals surface area contributed by atoms with Gasteiger partial charge in [0.25, 0.3) is 5.56 Å². The normalized spacial score (nSPS) is 19.2. The lowest BCUT2D eigenvalue weighted by molar-refractivity contribution is 0.332. The Labute approximate surface area is 187 Å². The highest BCUT2D eigenvalue weighted by Gasteiger charge is 2.26. The minimum atomic E-state index is -3.68. The second-order valence-electron chi connectivity index (χ2n) is 8.70. The molecule has 1 aliphatic carbocycles. The van der Waals surface area contributed by atoms with Gasteiger partial charge in [0.15, 0.2) is 5.76 Å². The van der Waals surface area contributed by atoms with Crippen molar-refractivity contribution >= 4 is 10.0 Å². The SMILES string of the molecule is Cc1ccc(-c2ccc(=O)n(-c3c(C)noc3C)n2)cc1S(=O)(=O)NC1CCC(C)CC1. The van der Waals surface area contributed by atoms with Crippen LogP contribution in [0.4, 0.5) is 0 Å². The molecule has 0 amide bonds. The molecule has 1 saturated carbocycles. The van der Waals surface area contributed by atoms with E-state index in [1.165, 1.54) is 10.7 Å². The zero-order valence-electron chi connectivity index (χ0n) is 18.8. The topological polar surface area (TPSA) is 107 Å². The quantitative estimate of drug-likeness (QED) is 0.628. The molecule has 4 rings (SSSR count). The van der Waals surface area contributed by atoms with E-state index in [1.54, 1.807) is 45.0 Å². The minimum Gasteiger partial charge on any atom is -0.359 e. The van der Waals surface area contributed by atoms with Crippen LogP contribution < -0.4 is 10.3 Å². The molecule has 8 nitrogen and oxygen atoms in total. The van der Waals surface area contributed by atoms with Crippen molar-refractivity contribution in [3.8, 4) is 16.9 Å². The highest BCUT2D eigenvalue weighted by Crippen LogP contribution is 2.27. The number of hydrogen-bond acceptors (Lipinski definition) is 6. The van der Waals surface area contributed by atoms with Gasteiger partial charge in [-0.05, 0) is 70.1 Å². The molecule has 0 atom stereocenters. The van der Waals surface area contributed by atoms with E-state index in [0.29, 0.717) is 39.9 Å². The Kier molecular flexibility index (Phi) is 6.05. The molecule has 1 aliphatic rings. The summed E-state index contributed by atoms with van der Waals surface area (Å²) in [6.45, 7) is 7.43. The highest BCUT2D eigenvalue weighted by molar-refractivity contribution is 7.89. The first-order chi connectivity index (χ1) is 15.2. The van der Waals surface area contributed by atoms with Gasteiger partial charge in [-0.1, -0.05) is 24.2 Å². The Balaban J connectivity index is 1.70. The van der Waals surface area contributed by atoms with Gasteiger partial charge >= 0.3 is 0 Å². The molecule has 3 aromatic rings. The predicted molar refractivity (Wildman–Crippen MR) is 121 cm³/mol. The minimum absolute atomic E-state index is 0.0428. The second-order valence-corrected chi connectivity index (χ2v) is 10.4. The number of sulfonamides is 1. The van der Waals surface area contributed by atoms with E-state index in [2.05, 4.69) is 21.9 Å². The molecule has 0 bridgehead atoms. The van der Waals surface area contributed by atoms with Crippen molar-refractivity contribution in [2.45, 2.75) is 64.3 Å². The van der Waals surface area contributed by atoms with Crippen LogP contribution in [0.5, 0.6) is 0 Å². The molecular formula is C23H28N4O4S. The first-order valence-electron chi connectivity index (χ1n) is 10.8. The van der Waals surface area contributed by atoms with Crippen LogP contribution in [0.1, 0.15) is 49.6 Å². The molecule has 2 aromatic heterocycles. The summed E-state index contributed by atoms with van der Waals surface area (Å²) in [6, 6.07) is 8.14. The molecule has 2 heterocycles. The summed E-state index contributed by atoms with van der Waals surface area (Å²) in [4.78, 5) is 12.7. The van der Waals surface area contributed by atoms with Crippen LogP contribution in [0.25, 0.3) is 16.9 Å². The molecular weight excluding hydrogens is 428 g/mol. The van der Waals surface area contributed by atoms with Crippen LogP contribution in [0.3, 0.4) is 0 Å². The van der Waals surface area contributed by atoms with Crippen molar-refractivity contribution < 1.29 is 12.9 Å². The van der Waals surface area contributed by atoms with E-state index in [9.17, 15) is 13.2 Å². The van der Waals surface area contributed by atoms with Crippen molar-refractivity contribution in [2.75, 3.05) is 0 Å². The predicted octanol–water partition coefficient (Wildman–Crippen LogP) is 3.67. The highest BCUT2D eigenvalue weighted by atomic mass is 32.2. The van der Waals surface area contributed by atoms with Crippen molar-refractivity contribution in [3.05, 3.63) is 57.7 Å². The fourth-order valence-electron chi connectivity index (χ4n) is 4.22. The Hall–Kier alpha value is -2.78. The van der Waals surface area contributed by atoms with E-state index in [4.69, 9.17) is 4.52 Å². The maximum absolute atomic E-state index is 13.2. The third-order valence-corrected chi connectivity index (χ3v) is 7.78. The molecule has 1 aromatic carbocycles. The lowest BCUT2D eigenvalue weighted by atomic mass is 9.88. The van der Waals surface area contributed by atoms with Crippen LogP contribution >= 0.6 is 0 Å². The summed E-state index contributed by atoms with van der Waals surface area (Å²) < 4.78 is 35.7. The number of aryl methyl sites for hydroxylation is 3. The lowest BCUT2D eigenvalue weighted by Gasteiger charge is -2.27. The molecule has 0 aliphatic heterocycles. The third kappa shape index (κ3) is 4.40. The van der Waals surface area contributed by atoms with Crippen LogP contribution in [0.2, 0.25) is 0 Å². The number of nitrogens with one attached hydrogen (secondary N) is 1. The average molecular weight is 457 g/mol. The van der Waals surface area contributed by atoms with Crippen molar-refractivity contribution in [1.29, 1.82) is 0 Å². The van der Waals surface area contributed by atoms with Gasteiger partial charge in [0.05, 0.1) is 10.6 Å². The van der Waals surface area contributed by atoms with Gasteiger partial charge in [-0.15, -0.1) is 0 Å². The molecule has 1 N–H and O–H groups in total. The van der Waals surface area contributed by atoms with Gasteiger partial charge in [-0.2, -0.15) is 9.78 Å². The van der Waals surface area contributed by atoms with E-state index in [-0.39, 0.29) is 16.5 Å². The number of nitrogens with zero attached hydrogens (tertiary/aromatic N) is 3. The zero-order chi connectivity index (χ0) is 23.0. The Morgan fingerprint density at radius 3 is 2.44 bits per heavy atom. The molecule has 1 fully saturated rings. The smallest absolute Gasteiger partial charge is 0.271 e. The van der Waals surface area contributed by atoms with Crippen LogP contribution in [-0.4, -0.2) is 29.4 Å². The molecule has 0 radical (unpaired) electrons. The summed E-state index contributed by atoms with van der Waals surface area (Å²) in [5.74, 6) is 1.12. The number of aromatic nitrogens is 3. The Morgan fingerprint density at radius 1 is 1.06 bits per heavy atom. The van der Waals surface area contributed by atoms with E-state index >= 15 is 0 Å². The molecule has 9 heteroatoms. The van der Waals surface area contributed by atoms with Crippen molar-refractivity contribution in [1.82, 2.24) is 19.7 Å². The van der Waals surface area contributed by atoms with Gasteiger partial charge < -0.3 is 4.52 Å². The number of rotatable bonds is 5. The van der Waals surface area contributed by atoms with Gasteiger partial charge in [-0.25, -0.2) is 13.1 Å². The molecule has 32 heavy (non-hydrogen) atoms. The summed E-state index contributed by atoms with van der Waals surface area (Å²) in [7, 11) is -3.68. The average Bonchev–Trinajstić information content (AvgIpc) is 3.08. The number of hydrogen-bond donors (Lipinski definition) is 1. The maximum Gasteiger partial charge on any atom is 0.271 e. The standard InChI is InChI=1S/C23H28N4O4S/c1-14-5-9-19(10-6-14)26-32(29,30)21-13-18(8-7-15(21)2)20-11-12-22(28)27(24-20)23-16(3)25-31-17(23)4/h7-8,11-14,19,26H,5-6,9-10H2,1-4H3. The van der Waals surface area contributed by atoms with Crippen LogP contribution in [0, 0.1) is 26.7 Å². The maximum atomic E-state index is 13.2. The molecule has 0 spiro atoms. The Bertz CT molecular complexity index is 1280. The van der Waals surface area contributed by atoms with Gasteiger partial charge in [0, 0.05) is 17.7 Å². The van der Waals surface area contributed by atoms with E-state index < -0.39 is 10.0 Å². The molecule has 170 valence electrons. The molecule has 0 unspecified atom stereocenters. The van der Waals surface area contributed by atoms with E-state index in [1.807, 2.05) is 0 Å². The summed E-state index contributed by atoms with van der Waals surface area (Å²) in [6.07, 6.45) is 3.75. The first-order valence-corrected chi connectivity index (χ1v) is 12.3. The van der Waals surface area contributed by atoms with Crippen molar-refractivity contribution in [2.24, 2.45) is 5.92 Å². The fourth-order valence-corrected chi connectivity index (χ4v) is 5.79. The third-order valence-electron chi connectivity index (χ3n) is 6.12. The second kappa shape index (κ2) is 8.63. The summed E-state index contributed by atoms with van der Waals surface area (Å²) in [5, 5.41) is 8.36. The van der Waals surface area contributed by atoms with Crippen LogP contribution in [0.15, 0.2) is 44.5 Å². The lowest BCUT2D eigenvalue weighted by Crippen LogP contribution is -2.37. The Morgan fingerprint density at radius 2 is 1.78 bits per heavy atom. The van der Waals surface area contributed by atoms with E-state index in [0.717, 1.165) is 25.7 Å². The molecule has 0 saturated heterocycles. The number of benzene rings is 1. The first kappa shape index (κ1) is 22.4. The zero-order valence-corrected chi connectivity index (χ0v) is 19.6. The van der Waals surface area contributed by atoms with Gasteiger partial charge in [0.1, 0.15) is 11.4 Å². The van der Waals surface area contributed by atoms with Crippen LogP contribution in [-0.2, 0) is 10.0 Å². The fraction of sp³-hybridized carbons (Fsp3) is 0.435. The largest absolute Gasteiger partial charge is 0.359 e. The van der Waals surface area contributed by atoms with Gasteiger partial charge in [-0.3, -0.25) is 4.79 Å². The summed E-state index contributed by atoms with van der Waals surface area (Å²) in [5.41, 5.74) is 2.46. The summed E-state index contributed by atoms with van der Waals surface area (Å²) >= 11 is 0.